The van der Waals surface area contributed by atoms with Gasteiger partial charge in [0.15, 0.2) is 0 Å². The van der Waals surface area contributed by atoms with E-state index in [-0.39, 0.29) is 0 Å². The Hall–Kier alpha value is -0.360. The van der Waals surface area contributed by atoms with Crippen molar-refractivity contribution in [2.75, 3.05) is 12.3 Å². The average molecular weight is 371 g/mol. The molecule has 1 heterocycles. The first kappa shape index (κ1) is 16.0. The van der Waals surface area contributed by atoms with Gasteiger partial charge in [0.2, 0.25) is 0 Å². The third-order valence-corrected chi connectivity index (χ3v) is 5.38. The van der Waals surface area contributed by atoms with Crippen LogP contribution >= 0.6 is 39.0 Å². The summed E-state index contributed by atoms with van der Waals surface area (Å²) in [6.07, 6.45) is 4.21. The number of aromatic nitrogens is 1. The molecule has 0 spiro atoms. The highest BCUT2D eigenvalue weighted by molar-refractivity contribution is 9.10. The van der Waals surface area contributed by atoms with Crippen molar-refractivity contribution in [3.05, 3.63) is 45.3 Å². The molecule has 0 amide bonds. The second-order valence-corrected chi connectivity index (χ2v) is 7.57. The predicted octanol–water partition coefficient (Wildman–Crippen LogP) is 4.61. The summed E-state index contributed by atoms with van der Waals surface area (Å²) >= 11 is 7.12. The molecule has 0 radical (unpaired) electrons. The summed E-state index contributed by atoms with van der Waals surface area (Å²) in [6.45, 7) is 3.28. The molecule has 1 N–H and O–H groups in total. The van der Waals surface area contributed by atoms with Gasteiger partial charge >= 0.3 is 0 Å². The highest BCUT2D eigenvalue weighted by Crippen LogP contribution is 2.22. The Balaban J connectivity index is 1.87. The molecule has 0 saturated heterocycles. The number of hydrogen-bond acceptors (Lipinski definition) is 4. The fourth-order valence-corrected chi connectivity index (χ4v) is 3.75. The molecule has 0 bridgehead atoms. The van der Waals surface area contributed by atoms with Crippen LogP contribution in [0.1, 0.15) is 18.2 Å². The van der Waals surface area contributed by atoms with Gasteiger partial charge < -0.3 is 5.32 Å². The van der Waals surface area contributed by atoms with Gasteiger partial charge in [0.1, 0.15) is 0 Å². The normalized spacial score (nSPS) is 12.5. The third-order valence-electron chi connectivity index (χ3n) is 2.88. The summed E-state index contributed by atoms with van der Waals surface area (Å²) in [5.74, 6) is 1.08. The maximum atomic E-state index is 4.16. The van der Waals surface area contributed by atoms with Crippen LogP contribution in [0.25, 0.3) is 0 Å². The molecule has 0 aliphatic heterocycles. The van der Waals surface area contributed by atoms with Crippen LogP contribution in [-0.2, 0) is 6.42 Å². The molecular weight excluding hydrogens is 352 g/mol. The zero-order valence-corrected chi connectivity index (χ0v) is 14.7. The fourth-order valence-electron chi connectivity index (χ4n) is 1.85. The van der Waals surface area contributed by atoms with Crippen LogP contribution in [0.2, 0.25) is 0 Å². The van der Waals surface area contributed by atoms with E-state index < -0.39 is 0 Å². The van der Waals surface area contributed by atoms with Crippen LogP contribution < -0.4 is 5.32 Å². The van der Waals surface area contributed by atoms with Crippen LogP contribution in [0.5, 0.6) is 0 Å². The molecule has 0 aliphatic rings. The average Bonchev–Trinajstić information content (AvgIpc) is 2.96. The lowest BCUT2D eigenvalue weighted by Gasteiger charge is -2.17. The number of halogens is 1. The second-order valence-electron chi connectivity index (χ2n) is 4.59. The molecule has 2 rings (SSSR count). The zero-order valence-electron chi connectivity index (χ0n) is 11.5. The Kier molecular flexibility index (Phi) is 7.07. The SMILES string of the molecule is CCCNC(CSc1ccc(Br)cc1)Cc1cncs1. The van der Waals surface area contributed by atoms with Crippen molar-refractivity contribution in [1.29, 1.82) is 0 Å². The first-order chi connectivity index (χ1) is 9.78. The molecule has 1 atom stereocenters. The zero-order chi connectivity index (χ0) is 14.2. The van der Waals surface area contributed by atoms with Gasteiger partial charge in [-0.15, -0.1) is 23.1 Å². The minimum absolute atomic E-state index is 0.504. The number of hydrogen-bond donors (Lipinski definition) is 1. The minimum atomic E-state index is 0.504. The summed E-state index contributed by atoms with van der Waals surface area (Å²) < 4.78 is 1.13. The van der Waals surface area contributed by atoms with Crippen molar-refractivity contribution >= 4 is 39.0 Å². The van der Waals surface area contributed by atoms with E-state index in [4.69, 9.17) is 0 Å². The summed E-state index contributed by atoms with van der Waals surface area (Å²) in [5.41, 5.74) is 1.91. The van der Waals surface area contributed by atoms with Crippen LogP contribution in [0.3, 0.4) is 0 Å². The van der Waals surface area contributed by atoms with Crippen LogP contribution in [0, 0.1) is 0 Å². The Morgan fingerprint density at radius 1 is 1.35 bits per heavy atom. The van der Waals surface area contributed by atoms with Gasteiger partial charge in [-0.2, -0.15) is 0 Å². The van der Waals surface area contributed by atoms with E-state index in [1.165, 1.54) is 16.2 Å². The number of benzene rings is 1. The molecular formula is C15H19BrN2S2. The summed E-state index contributed by atoms with van der Waals surface area (Å²) in [7, 11) is 0. The van der Waals surface area contributed by atoms with Gasteiger partial charge in [-0.3, -0.25) is 4.98 Å². The van der Waals surface area contributed by atoms with E-state index in [2.05, 4.69) is 57.4 Å². The Bertz CT molecular complexity index is 485. The molecule has 0 fully saturated rings. The fraction of sp³-hybridized carbons (Fsp3) is 0.400. The highest BCUT2D eigenvalue weighted by Gasteiger charge is 2.10. The standard InChI is InChI=1S/C15H19BrN2S2/c1-2-7-18-13(8-15-9-17-11-20-15)10-19-14-5-3-12(16)4-6-14/h3-6,9,11,13,18H,2,7-8,10H2,1H3. The van der Waals surface area contributed by atoms with Crippen molar-refractivity contribution in [1.82, 2.24) is 10.3 Å². The number of nitrogens with one attached hydrogen (secondary N) is 1. The van der Waals surface area contributed by atoms with Crippen molar-refractivity contribution in [2.24, 2.45) is 0 Å². The van der Waals surface area contributed by atoms with E-state index in [9.17, 15) is 0 Å². The third kappa shape index (κ3) is 5.56. The Morgan fingerprint density at radius 3 is 2.80 bits per heavy atom. The van der Waals surface area contributed by atoms with Gasteiger partial charge in [0, 0.05) is 32.2 Å². The highest BCUT2D eigenvalue weighted by atomic mass is 79.9. The quantitative estimate of drug-likeness (QED) is 0.686. The number of nitrogens with zero attached hydrogens (tertiary/aromatic N) is 1. The smallest absolute Gasteiger partial charge is 0.0794 e. The summed E-state index contributed by atoms with van der Waals surface area (Å²) in [5, 5.41) is 3.64. The molecule has 20 heavy (non-hydrogen) atoms. The molecule has 2 nitrogen and oxygen atoms in total. The summed E-state index contributed by atoms with van der Waals surface area (Å²) in [4.78, 5) is 6.84. The first-order valence-electron chi connectivity index (χ1n) is 6.77. The maximum Gasteiger partial charge on any atom is 0.0794 e. The van der Waals surface area contributed by atoms with Crippen molar-refractivity contribution < 1.29 is 0 Å². The molecule has 0 aliphatic carbocycles. The van der Waals surface area contributed by atoms with Gasteiger partial charge in [0.05, 0.1) is 5.51 Å². The van der Waals surface area contributed by atoms with Gasteiger partial charge in [-0.05, 0) is 43.7 Å². The molecule has 0 saturated carbocycles. The van der Waals surface area contributed by atoms with Crippen LogP contribution in [0.4, 0.5) is 0 Å². The molecule has 1 unspecified atom stereocenters. The van der Waals surface area contributed by atoms with E-state index in [1.807, 2.05) is 23.5 Å². The van der Waals surface area contributed by atoms with E-state index >= 15 is 0 Å². The lowest BCUT2D eigenvalue weighted by Crippen LogP contribution is -2.33. The van der Waals surface area contributed by atoms with E-state index in [0.29, 0.717) is 6.04 Å². The molecule has 1 aromatic heterocycles. The monoisotopic (exact) mass is 370 g/mol. The van der Waals surface area contributed by atoms with Crippen molar-refractivity contribution in [3.8, 4) is 0 Å². The number of thioether (sulfide) groups is 1. The Labute approximate surface area is 137 Å². The predicted molar refractivity (Wildman–Crippen MR) is 92.8 cm³/mol. The van der Waals surface area contributed by atoms with Gasteiger partial charge in [-0.1, -0.05) is 22.9 Å². The van der Waals surface area contributed by atoms with Crippen molar-refractivity contribution in [3.63, 3.8) is 0 Å². The van der Waals surface area contributed by atoms with Gasteiger partial charge in [0.25, 0.3) is 0 Å². The second kappa shape index (κ2) is 8.82. The molecule has 108 valence electrons. The van der Waals surface area contributed by atoms with E-state index in [0.717, 1.165) is 23.2 Å². The van der Waals surface area contributed by atoms with Gasteiger partial charge in [-0.25, -0.2) is 0 Å². The minimum Gasteiger partial charge on any atom is -0.313 e. The van der Waals surface area contributed by atoms with Crippen molar-refractivity contribution in [2.45, 2.75) is 30.7 Å². The maximum absolute atomic E-state index is 4.16. The summed E-state index contributed by atoms with van der Waals surface area (Å²) in [6, 6.07) is 9.03. The Morgan fingerprint density at radius 2 is 2.15 bits per heavy atom. The molecule has 2 aromatic rings. The lowest BCUT2D eigenvalue weighted by molar-refractivity contribution is 0.553. The number of rotatable bonds is 8. The van der Waals surface area contributed by atoms with E-state index in [1.54, 1.807) is 11.3 Å². The number of thiazole rings is 1. The van der Waals surface area contributed by atoms with Crippen LogP contribution in [0.15, 0.2) is 45.3 Å². The topological polar surface area (TPSA) is 24.9 Å². The molecule has 1 aromatic carbocycles. The lowest BCUT2D eigenvalue weighted by atomic mass is 10.2. The van der Waals surface area contributed by atoms with Crippen LogP contribution in [-0.4, -0.2) is 23.3 Å². The first-order valence-corrected chi connectivity index (χ1v) is 9.43. The largest absolute Gasteiger partial charge is 0.313 e. The molecule has 5 heteroatoms.